The first-order valence-electron chi connectivity index (χ1n) is 3.75. The minimum atomic E-state index is -3.98. The van der Waals surface area contributed by atoms with Crippen molar-refractivity contribution in [2.24, 2.45) is 0 Å². The van der Waals surface area contributed by atoms with E-state index in [1.54, 1.807) is 0 Å². The van der Waals surface area contributed by atoms with E-state index in [4.69, 9.17) is 9.79 Å². The highest BCUT2D eigenvalue weighted by atomic mass is 31.2. The Morgan fingerprint density at radius 3 is 1.38 bits per heavy atom. The first-order valence-corrected chi connectivity index (χ1v) is 7.80. The number of rotatable bonds is 4. The Balaban J connectivity index is 4.30. The second-order valence-corrected chi connectivity index (χ2v) is 6.34. The maximum atomic E-state index is 10.7. The van der Waals surface area contributed by atoms with Gasteiger partial charge in [0.15, 0.2) is 0 Å². The molecule has 0 fully saturated rings. The van der Waals surface area contributed by atoms with E-state index in [0.717, 1.165) is 13.3 Å². The molecule has 0 saturated heterocycles. The van der Waals surface area contributed by atoms with Crippen molar-refractivity contribution in [3.8, 4) is 0 Å². The van der Waals surface area contributed by atoms with Gasteiger partial charge in [-0.3, -0.25) is 0 Å². The Bertz CT molecular complexity index is 361. The number of hydrogen-bond acceptors (Lipinski definition) is 6. The molecule has 0 saturated carbocycles. The van der Waals surface area contributed by atoms with Gasteiger partial charge in [-0.25, -0.2) is 18.7 Å². The summed E-state index contributed by atoms with van der Waals surface area (Å²) in [6.45, 7) is 1.57. The molecule has 0 spiro atoms. The van der Waals surface area contributed by atoms with Crippen LogP contribution in [0, 0.1) is 0 Å². The molecular weight excluding hydrogens is 262 g/mol. The molecule has 0 aliphatic carbocycles. The summed E-state index contributed by atoms with van der Waals surface area (Å²) >= 11 is 0. The van der Waals surface area contributed by atoms with Gasteiger partial charge in [-0.05, 0) is 0 Å². The van der Waals surface area contributed by atoms with Gasteiger partial charge in [0.2, 0.25) is 0 Å². The van der Waals surface area contributed by atoms with Crippen LogP contribution in [0.5, 0.6) is 0 Å². The van der Waals surface area contributed by atoms with Crippen LogP contribution in [-0.4, -0.2) is 35.1 Å². The molecular formula is C6H10O8P2. The fraction of sp³-hybridized carbons (Fsp3) is 0.333. The lowest BCUT2D eigenvalue weighted by molar-refractivity contribution is -0.132. The summed E-state index contributed by atoms with van der Waals surface area (Å²) < 4.78 is 29.1. The Kier molecular flexibility index (Phi) is 5.09. The Morgan fingerprint density at radius 2 is 1.19 bits per heavy atom. The second kappa shape index (κ2) is 5.41. The Hall–Kier alpha value is -0.940. The fourth-order valence-corrected chi connectivity index (χ4v) is 1.32. The average molecular weight is 272 g/mol. The summed E-state index contributed by atoms with van der Waals surface area (Å²) in [5, 5.41) is 0. The summed E-state index contributed by atoms with van der Waals surface area (Å²) in [6.07, 6.45) is 1.01. The van der Waals surface area contributed by atoms with Gasteiger partial charge in [-0.1, -0.05) is 0 Å². The van der Waals surface area contributed by atoms with Crippen molar-refractivity contribution >= 4 is 27.1 Å². The molecule has 8 nitrogen and oxygen atoms in total. The zero-order valence-electron chi connectivity index (χ0n) is 8.39. The minimum Gasteiger partial charge on any atom is -0.389 e. The van der Waals surface area contributed by atoms with E-state index in [-0.39, 0.29) is 0 Å². The van der Waals surface area contributed by atoms with Crippen LogP contribution in [0.2, 0.25) is 0 Å². The normalized spacial score (nSPS) is 18.5. The molecule has 0 heterocycles. The average Bonchev–Trinajstić information content (AvgIpc) is 1.94. The largest absolute Gasteiger partial charge is 0.389 e. The molecule has 16 heavy (non-hydrogen) atoms. The van der Waals surface area contributed by atoms with Gasteiger partial charge in [-0.2, -0.15) is 0 Å². The predicted octanol–water partition coefficient (Wildman–Crippen LogP) is 0.259. The molecule has 0 bridgehead atoms. The fourth-order valence-electron chi connectivity index (χ4n) is 0.531. The highest BCUT2D eigenvalue weighted by Crippen LogP contribution is 2.37. The van der Waals surface area contributed by atoms with Crippen molar-refractivity contribution in [3.63, 3.8) is 0 Å². The first kappa shape index (κ1) is 15.1. The molecule has 92 valence electrons. The molecule has 2 unspecified atom stereocenters. The van der Waals surface area contributed by atoms with Crippen molar-refractivity contribution in [1.29, 1.82) is 0 Å². The zero-order valence-corrected chi connectivity index (χ0v) is 10.2. The van der Waals surface area contributed by atoms with Gasteiger partial charge in [-0.15, -0.1) is 0 Å². The van der Waals surface area contributed by atoms with E-state index in [9.17, 15) is 18.7 Å². The summed E-state index contributed by atoms with van der Waals surface area (Å²) in [7, 11) is -7.96. The van der Waals surface area contributed by atoms with E-state index in [1.165, 1.54) is 0 Å². The highest BCUT2D eigenvalue weighted by molar-refractivity contribution is 7.52. The van der Waals surface area contributed by atoms with Crippen LogP contribution in [0.15, 0.2) is 12.2 Å². The van der Waals surface area contributed by atoms with Gasteiger partial charge < -0.3 is 18.8 Å². The molecule has 0 radical (unpaired) electrons. The van der Waals surface area contributed by atoms with Gasteiger partial charge >= 0.3 is 27.1 Å². The van der Waals surface area contributed by atoms with Crippen molar-refractivity contribution in [3.05, 3.63) is 12.2 Å². The molecule has 0 aromatic carbocycles. The van der Waals surface area contributed by atoms with E-state index in [0.29, 0.717) is 12.2 Å². The number of carbonyl (C=O) groups excluding carboxylic acids is 2. The maximum Gasteiger partial charge on any atom is 0.375 e. The van der Waals surface area contributed by atoms with Crippen LogP contribution < -0.4 is 0 Å². The van der Waals surface area contributed by atoms with Crippen LogP contribution >= 0.6 is 15.2 Å². The molecule has 10 heteroatoms. The lowest BCUT2D eigenvalue weighted by atomic mass is 10.5. The van der Waals surface area contributed by atoms with Crippen molar-refractivity contribution < 1.29 is 37.6 Å². The molecule has 0 amide bonds. The summed E-state index contributed by atoms with van der Waals surface area (Å²) in [6, 6.07) is 0. The number of hydrogen-bond donors (Lipinski definition) is 2. The van der Waals surface area contributed by atoms with Crippen molar-refractivity contribution in [1.82, 2.24) is 0 Å². The van der Waals surface area contributed by atoms with Crippen LogP contribution in [-0.2, 0) is 27.8 Å². The lowest BCUT2D eigenvalue weighted by Gasteiger charge is -2.04. The molecule has 2 N–H and O–H groups in total. The molecule has 0 aliphatic heterocycles. The van der Waals surface area contributed by atoms with Gasteiger partial charge in [0.05, 0.1) is 0 Å². The maximum absolute atomic E-state index is 10.7. The SMILES string of the molecule is CP(=O)(O)OC(=O)C=CC(=O)OP(C)(=O)O. The minimum absolute atomic E-state index is 0.504. The van der Waals surface area contributed by atoms with Crippen LogP contribution in [0.4, 0.5) is 0 Å². The topological polar surface area (TPSA) is 127 Å². The van der Waals surface area contributed by atoms with Crippen LogP contribution in [0.25, 0.3) is 0 Å². The lowest BCUT2D eigenvalue weighted by Crippen LogP contribution is -2.01. The third-order valence-electron chi connectivity index (χ3n) is 0.874. The highest BCUT2D eigenvalue weighted by Gasteiger charge is 2.17. The summed E-state index contributed by atoms with van der Waals surface area (Å²) in [5.41, 5.74) is 0. The van der Waals surface area contributed by atoms with Crippen molar-refractivity contribution in [2.75, 3.05) is 13.3 Å². The van der Waals surface area contributed by atoms with Crippen LogP contribution in [0.3, 0.4) is 0 Å². The second-order valence-electron chi connectivity index (χ2n) is 2.76. The molecule has 0 aromatic rings. The first-order chi connectivity index (χ1) is 6.99. The van der Waals surface area contributed by atoms with Gasteiger partial charge in [0, 0.05) is 25.5 Å². The summed E-state index contributed by atoms with van der Waals surface area (Å²) in [4.78, 5) is 38.7. The molecule has 2 atom stereocenters. The van der Waals surface area contributed by atoms with Gasteiger partial charge in [0.25, 0.3) is 0 Å². The standard InChI is InChI=1S/C6H10O8P2/c1-15(9,10)13-5(7)3-4-6(8)14-16(2,11)12/h3-4H,1-2H3,(H,9,10)(H,11,12). The molecule has 0 aromatic heterocycles. The Morgan fingerprint density at radius 1 is 0.938 bits per heavy atom. The smallest absolute Gasteiger partial charge is 0.375 e. The van der Waals surface area contributed by atoms with E-state index in [2.05, 4.69) is 9.05 Å². The van der Waals surface area contributed by atoms with Gasteiger partial charge in [0.1, 0.15) is 0 Å². The predicted molar refractivity (Wildman–Crippen MR) is 52.8 cm³/mol. The number of carbonyl (C=O) groups is 2. The Labute approximate surface area is 90.9 Å². The molecule has 0 aliphatic rings. The zero-order chi connectivity index (χ0) is 13.0. The third kappa shape index (κ3) is 9.61. The quantitative estimate of drug-likeness (QED) is 0.551. The van der Waals surface area contributed by atoms with E-state index >= 15 is 0 Å². The van der Waals surface area contributed by atoms with E-state index < -0.39 is 27.1 Å². The van der Waals surface area contributed by atoms with Crippen LogP contribution in [0.1, 0.15) is 0 Å². The van der Waals surface area contributed by atoms with E-state index in [1.807, 2.05) is 0 Å². The third-order valence-corrected chi connectivity index (χ3v) is 1.91. The summed E-state index contributed by atoms with van der Waals surface area (Å²) in [5.74, 6) is -2.48. The molecule has 0 rings (SSSR count). The van der Waals surface area contributed by atoms with Crippen molar-refractivity contribution in [2.45, 2.75) is 0 Å². The monoisotopic (exact) mass is 272 g/mol.